The molecule has 0 saturated carbocycles. The topological polar surface area (TPSA) is 188 Å². The fourth-order valence-corrected chi connectivity index (χ4v) is 5.95. The van der Waals surface area contributed by atoms with Gasteiger partial charge >= 0.3 is 0 Å². The van der Waals surface area contributed by atoms with Gasteiger partial charge in [0.25, 0.3) is 0 Å². The Morgan fingerprint density at radius 1 is 0.586 bits per heavy atom. The Balaban J connectivity index is 0.000000122. The molecule has 1 atom stereocenters. The number of carbonyl (C=O) groups excluding carboxylic acids is 1. The van der Waals surface area contributed by atoms with E-state index in [1.165, 1.54) is 23.1 Å². The maximum absolute atomic E-state index is 10.4. The first-order chi connectivity index (χ1) is 27.9. The van der Waals surface area contributed by atoms with Crippen molar-refractivity contribution in [2.75, 3.05) is 0 Å². The van der Waals surface area contributed by atoms with Crippen LogP contribution in [0.4, 0.5) is 0 Å². The summed E-state index contributed by atoms with van der Waals surface area (Å²) in [6.45, 7) is 5.31. The number of aliphatic hydroxyl groups is 1. The number of aliphatic hydroxyl groups excluding tert-OH is 1. The molecule has 0 spiro atoms. The van der Waals surface area contributed by atoms with Gasteiger partial charge < -0.3 is 5.11 Å². The molecule has 294 valence electrons. The van der Waals surface area contributed by atoms with Gasteiger partial charge in [0, 0.05) is 42.7 Å². The quantitative estimate of drug-likeness (QED) is 0.133. The Hall–Kier alpha value is -5.35. The lowest BCUT2D eigenvalue weighted by atomic mass is 10.3. The summed E-state index contributed by atoms with van der Waals surface area (Å²) in [7, 11) is 0. The van der Waals surface area contributed by atoms with Crippen molar-refractivity contribution >= 4 is 121 Å². The Morgan fingerprint density at radius 3 is 1.57 bits per heavy atom. The van der Waals surface area contributed by atoms with Crippen molar-refractivity contribution in [3.63, 3.8) is 0 Å². The van der Waals surface area contributed by atoms with Crippen LogP contribution in [0.1, 0.15) is 34.9 Å². The van der Waals surface area contributed by atoms with Gasteiger partial charge in [-0.25, -0.2) is 47.5 Å². The molecule has 0 fully saturated rings. The molecule has 0 radical (unpaired) electrons. The van der Waals surface area contributed by atoms with Gasteiger partial charge in [-0.05, 0) is 35.6 Å². The van der Waals surface area contributed by atoms with E-state index in [0.717, 1.165) is 26.3 Å². The molecule has 10 rings (SSSR count). The summed E-state index contributed by atoms with van der Waals surface area (Å²) in [6.07, 6.45) is 19.5. The first kappa shape index (κ1) is 42.3. The predicted molar refractivity (Wildman–Crippen MR) is 229 cm³/mol. The van der Waals surface area contributed by atoms with Gasteiger partial charge in [-0.2, -0.15) is 25.5 Å². The number of rotatable bonds is 3. The highest BCUT2D eigenvalue weighted by molar-refractivity contribution is 14.1. The molecule has 0 aromatic carbocycles. The molecule has 10 aromatic heterocycles. The Morgan fingerprint density at radius 2 is 1.02 bits per heavy atom. The van der Waals surface area contributed by atoms with E-state index in [-0.39, 0.29) is 0 Å². The van der Waals surface area contributed by atoms with E-state index < -0.39 is 6.10 Å². The highest BCUT2D eigenvalue weighted by Crippen LogP contribution is 2.16. The molecule has 1 N–H and O–H groups in total. The fourth-order valence-electron chi connectivity index (χ4n) is 4.73. The lowest BCUT2D eigenvalue weighted by Crippen LogP contribution is -2.00. The Bertz CT molecular complexity index is 2910. The second kappa shape index (κ2) is 19.4. The summed E-state index contributed by atoms with van der Waals surface area (Å²) >= 11 is 30.7. The molecule has 0 saturated heterocycles. The fraction of sp³-hybridized carbons (Fsp3) is 0.0571. The van der Waals surface area contributed by atoms with E-state index in [0.29, 0.717) is 54.1 Å². The number of hydrogen-bond acceptors (Lipinski definition) is 12. The SMILES string of the molecule is C=Cc1cnc2cc(Cl)cnn12.CC(O)c1cnc2cc(Cl)cnn12.Clc1cnn2c(I)cnc2c1.Clc1cnn2ccnc2c1.O=Cc1cnc2cc(Cl)cnn12. The van der Waals surface area contributed by atoms with Gasteiger partial charge in [0.1, 0.15) is 9.39 Å². The zero-order valence-corrected chi connectivity index (χ0v) is 35.4. The minimum absolute atomic E-state index is 0.418. The standard InChI is InChI=1S/C8H8ClN3O.C8H6ClN3.C7H4ClN3O.C6H3ClIN3.C6H4ClN3/c1-5(13)7-4-10-8-2-6(9)3-11-12(7)8;1-2-7-5-10-8-3-6(9)4-11-12(7)8;8-5-1-7-9-3-6(4-12)11(7)10-2-5;7-4-1-6-9-3-5(8)11(6)10-2-4;7-5-3-6-8-1-2-10(6)9-4-5/h2-5,13H,1H3;2-5H,1H2;1-4H;1-3H;1-4H. The van der Waals surface area contributed by atoms with Crippen LogP contribution < -0.4 is 0 Å². The van der Waals surface area contributed by atoms with E-state index in [2.05, 4.69) is 79.6 Å². The number of hydrogen-bond donors (Lipinski definition) is 1. The number of aromatic nitrogens is 15. The van der Waals surface area contributed by atoms with Crippen molar-refractivity contribution in [2.45, 2.75) is 13.0 Å². The van der Waals surface area contributed by atoms with Crippen molar-refractivity contribution in [1.82, 2.24) is 73.0 Å². The normalized spacial score (nSPS) is 11.2. The monoisotopic (exact) mass is 989 g/mol. The summed E-state index contributed by atoms with van der Waals surface area (Å²) in [5.74, 6) is 0. The van der Waals surface area contributed by atoms with Gasteiger partial charge in [0.05, 0.1) is 98.4 Å². The average Bonchev–Trinajstić information content (AvgIpc) is 4.06. The molecule has 1 unspecified atom stereocenters. The molecule has 23 heteroatoms. The number of fused-ring (bicyclic) bond motifs is 5. The first-order valence-corrected chi connectivity index (χ1v) is 19.2. The Labute approximate surface area is 365 Å². The molecule has 0 aliphatic heterocycles. The zero-order chi connectivity index (χ0) is 41.3. The van der Waals surface area contributed by atoms with Crippen LogP contribution in [0, 0.1) is 3.70 Å². The van der Waals surface area contributed by atoms with Crippen molar-refractivity contribution in [3.05, 3.63) is 151 Å². The summed E-state index contributed by atoms with van der Waals surface area (Å²) in [6, 6.07) is 8.62. The van der Waals surface area contributed by atoms with E-state index in [4.69, 9.17) is 58.0 Å². The molecule has 10 aromatic rings. The summed E-state index contributed by atoms with van der Waals surface area (Å²) < 4.78 is 9.04. The molecule has 0 aliphatic carbocycles. The first-order valence-electron chi connectivity index (χ1n) is 16.3. The molecule has 0 bridgehead atoms. The van der Waals surface area contributed by atoms with Crippen molar-refractivity contribution in [3.8, 4) is 0 Å². The van der Waals surface area contributed by atoms with Gasteiger partial charge in [0.2, 0.25) is 0 Å². The number of nitrogens with zero attached hydrogens (tertiary/aromatic N) is 15. The molecule has 10 heterocycles. The minimum atomic E-state index is -0.580. The van der Waals surface area contributed by atoms with E-state index in [1.54, 1.807) is 111 Å². The van der Waals surface area contributed by atoms with Crippen LogP contribution in [0.5, 0.6) is 0 Å². The summed E-state index contributed by atoms with van der Waals surface area (Å²) in [4.78, 5) is 30.6. The van der Waals surface area contributed by atoms with Crippen LogP contribution >= 0.6 is 80.6 Å². The third-order valence-corrected chi connectivity index (χ3v) is 9.10. The molecule has 17 nitrogen and oxygen atoms in total. The van der Waals surface area contributed by atoms with Crippen LogP contribution in [-0.4, -0.2) is 84.4 Å². The molecular weight excluding hydrogens is 967 g/mol. The lowest BCUT2D eigenvalue weighted by molar-refractivity contribution is 0.111. The largest absolute Gasteiger partial charge is 0.387 e. The van der Waals surface area contributed by atoms with Crippen LogP contribution in [-0.2, 0) is 0 Å². The van der Waals surface area contributed by atoms with E-state index >= 15 is 0 Å². The summed E-state index contributed by atoms with van der Waals surface area (Å²) in [5, 5.41) is 32.2. The lowest BCUT2D eigenvalue weighted by Gasteiger charge is -2.01. The van der Waals surface area contributed by atoms with Crippen molar-refractivity contribution < 1.29 is 9.90 Å². The smallest absolute Gasteiger partial charge is 0.170 e. The number of halogens is 6. The predicted octanol–water partition coefficient (Wildman–Crippen LogP) is 8.03. The van der Waals surface area contributed by atoms with Crippen molar-refractivity contribution in [1.29, 1.82) is 0 Å². The zero-order valence-electron chi connectivity index (χ0n) is 29.5. The maximum Gasteiger partial charge on any atom is 0.170 e. The molecule has 0 aliphatic rings. The van der Waals surface area contributed by atoms with Gasteiger partial charge in [0.15, 0.2) is 34.5 Å². The van der Waals surface area contributed by atoms with E-state index in [9.17, 15) is 9.90 Å². The van der Waals surface area contributed by atoms with E-state index in [1.807, 2.05) is 0 Å². The van der Waals surface area contributed by atoms with Crippen molar-refractivity contribution in [2.24, 2.45) is 0 Å². The second-order valence-electron chi connectivity index (χ2n) is 11.3. The number of aldehydes is 1. The van der Waals surface area contributed by atoms with Crippen LogP contribution in [0.2, 0.25) is 25.1 Å². The highest BCUT2D eigenvalue weighted by atomic mass is 127. The van der Waals surface area contributed by atoms with Crippen LogP contribution in [0.25, 0.3) is 34.3 Å². The Kier molecular flexibility index (Phi) is 14.1. The second-order valence-corrected chi connectivity index (χ2v) is 14.6. The number of imidazole rings is 5. The van der Waals surface area contributed by atoms with Crippen LogP contribution in [0.15, 0.2) is 105 Å². The third-order valence-electron chi connectivity index (χ3n) is 7.33. The molecule has 0 amide bonds. The maximum atomic E-state index is 10.4. The van der Waals surface area contributed by atoms with Gasteiger partial charge in [-0.1, -0.05) is 64.6 Å². The number of carbonyl (C=O) groups is 1. The van der Waals surface area contributed by atoms with Crippen LogP contribution in [0.3, 0.4) is 0 Å². The summed E-state index contributed by atoms with van der Waals surface area (Å²) in [5.41, 5.74) is 5.44. The highest BCUT2D eigenvalue weighted by Gasteiger charge is 2.09. The average molecular weight is 992 g/mol. The van der Waals surface area contributed by atoms with Gasteiger partial charge in [-0.3, -0.25) is 4.79 Å². The minimum Gasteiger partial charge on any atom is -0.387 e. The third kappa shape index (κ3) is 10.4. The van der Waals surface area contributed by atoms with Gasteiger partial charge in [-0.15, -0.1) is 0 Å². The molecular formula is C35H25Cl5IN15O2. The molecule has 58 heavy (non-hydrogen) atoms.